The number of carbonyl (C=O) groups excluding carboxylic acids is 1. The Morgan fingerprint density at radius 2 is 1.91 bits per heavy atom. The second-order valence-electron chi connectivity index (χ2n) is 5.21. The van der Waals surface area contributed by atoms with Gasteiger partial charge in [0, 0.05) is 24.7 Å². The van der Waals surface area contributed by atoms with Crippen molar-refractivity contribution >= 4 is 17.4 Å². The molecule has 0 atom stereocenters. The van der Waals surface area contributed by atoms with Crippen molar-refractivity contribution in [2.24, 2.45) is 0 Å². The van der Waals surface area contributed by atoms with Crippen LogP contribution in [-0.4, -0.2) is 17.6 Å². The van der Waals surface area contributed by atoms with Gasteiger partial charge in [0.2, 0.25) is 5.91 Å². The lowest BCUT2D eigenvalue weighted by molar-refractivity contribution is -0.115. The third kappa shape index (κ3) is 4.10. The Morgan fingerprint density at radius 1 is 1.23 bits per heavy atom. The standard InChI is InChI=1S/C17H23N3O2/c1-4-13-7-6-8-14(5-2)17(13)19-16(21)9-10-18-15-11-12(3)22-20-15/h6-8,11H,4-5,9-10H2,1-3H3,(H,18,20)(H,19,21). The Kier molecular flexibility index (Phi) is 5.58. The molecule has 118 valence electrons. The van der Waals surface area contributed by atoms with E-state index in [0.29, 0.717) is 18.8 Å². The summed E-state index contributed by atoms with van der Waals surface area (Å²) in [6.45, 7) is 6.55. The summed E-state index contributed by atoms with van der Waals surface area (Å²) in [5.74, 6) is 1.41. The first-order chi connectivity index (χ1) is 10.6. The molecule has 1 aromatic carbocycles. The number of aromatic nitrogens is 1. The lowest BCUT2D eigenvalue weighted by Gasteiger charge is -2.14. The van der Waals surface area contributed by atoms with Crippen LogP contribution in [0.25, 0.3) is 0 Å². The van der Waals surface area contributed by atoms with Crippen LogP contribution in [0.1, 0.15) is 37.2 Å². The second kappa shape index (κ2) is 7.64. The summed E-state index contributed by atoms with van der Waals surface area (Å²) in [6.07, 6.45) is 2.19. The summed E-state index contributed by atoms with van der Waals surface area (Å²) in [5, 5.41) is 9.96. The summed E-state index contributed by atoms with van der Waals surface area (Å²) in [6, 6.07) is 7.97. The van der Waals surface area contributed by atoms with Crippen LogP contribution in [0.15, 0.2) is 28.8 Å². The monoisotopic (exact) mass is 301 g/mol. The minimum absolute atomic E-state index is 0.00307. The number of anilines is 2. The molecule has 2 aromatic rings. The third-order valence-corrected chi connectivity index (χ3v) is 3.55. The first-order valence-corrected chi connectivity index (χ1v) is 7.71. The smallest absolute Gasteiger partial charge is 0.226 e. The van der Waals surface area contributed by atoms with E-state index in [-0.39, 0.29) is 5.91 Å². The molecule has 1 heterocycles. The molecule has 2 rings (SSSR count). The van der Waals surface area contributed by atoms with Crippen LogP contribution in [0.5, 0.6) is 0 Å². The molecule has 0 aliphatic carbocycles. The maximum atomic E-state index is 12.1. The number of rotatable bonds is 7. The van der Waals surface area contributed by atoms with Crippen molar-refractivity contribution in [2.45, 2.75) is 40.0 Å². The molecule has 1 aromatic heterocycles. The predicted octanol–water partition coefficient (Wildman–Crippen LogP) is 3.55. The van der Waals surface area contributed by atoms with E-state index in [2.05, 4.69) is 41.8 Å². The van der Waals surface area contributed by atoms with Gasteiger partial charge in [-0.25, -0.2) is 0 Å². The molecule has 0 aliphatic rings. The van der Waals surface area contributed by atoms with Crippen molar-refractivity contribution in [1.82, 2.24) is 5.16 Å². The predicted molar refractivity (Wildman–Crippen MR) is 88.2 cm³/mol. The number of benzene rings is 1. The van der Waals surface area contributed by atoms with Crippen molar-refractivity contribution in [3.05, 3.63) is 41.2 Å². The number of para-hydroxylation sites is 1. The Morgan fingerprint density at radius 3 is 2.45 bits per heavy atom. The molecular formula is C17H23N3O2. The summed E-state index contributed by atoms with van der Waals surface area (Å²) >= 11 is 0. The molecule has 1 amide bonds. The quantitative estimate of drug-likeness (QED) is 0.820. The fourth-order valence-corrected chi connectivity index (χ4v) is 2.36. The van der Waals surface area contributed by atoms with Crippen LogP contribution in [0.4, 0.5) is 11.5 Å². The second-order valence-corrected chi connectivity index (χ2v) is 5.21. The molecule has 5 nitrogen and oxygen atoms in total. The average molecular weight is 301 g/mol. The number of hydrogen-bond donors (Lipinski definition) is 2. The topological polar surface area (TPSA) is 67.2 Å². The number of nitrogens with zero attached hydrogens (tertiary/aromatic N) is 1. The van der Waals surface area contributed by atoms with Crippen molar-refractivity contribution in [2.75, 3.05) is 17.2 Å². The summed E-state index contributed by atoms with van der Waals surface area (Å²) in [7, 11) is 0. The lowest BCUT2D eigenvalue weighted by atomic mass is 10.0. The van der Waals surface area contributed by atoms with E-state index < -0.39 is 0 Å². The minimum atomic E-state index is 0.00307. The fraction of sp³-hybridized carbons (Fsp3) is 0.412. The van der Waals surface area contributed by atoms with E-state index in [9.17, 15) is 4.79 Å². The first kappa shape index (κ1) is 16.1. The Hall–Kier alpha value is -2.30. The molecule has 0 fully saturated rings. The largest absolute Gasteiger partial charge is 0.367 e. The molecule has 0 spiro atoms. The Bertz CT molecular complexity index is 612. The molecule has 0 radical (unpaired) electrons. The minimum Gasteiger partial charge on any atom is -0.367 e. The van der Waals surface area contributed by atoms with Gasteiger partial charge in [-0.1, -0.05) is 37.2 Å². The van der Waals surface area contributed by atoms with E-state index in [1.807, 2.05) is 13.0 Å². The highest BCUT2D eigenvalue weighted by Crippen LogP contribution is 2.22. The maximum Gasteiger partial charge on any atom is 0.226 e. The number of carbonyl (C=O) groups is 1. The van der Waals surface area contributed by atoms with Crippen LogP contribution < -0.4 is 10.6 Å². The molecule has 0 saturated carbocycles. The molecule has 2 N–H and O–H groups in total. The van der Waals surface area contributed by atoms with E-state index in [0.717, 1.165) is 24.3 Å². The summed E-state index contributed by atoms with van der Waals surface area (Å²) in [4.78, 5) is 12.1. The summed E-state index contributed by atoms with van der Waals surface area (Å²) < 4.78 is 4.97. The highest BCUT2D eigenvalue weighted by molar-refractivity contribution is 5.92. The number of amides is 1. The van der Waals surface area contributed by atoms with Gasteiger partial charge in [0.05, 0.1) is 0 Å². The zero-order valence-electron chi connectivity index (χ0n) is 13.4. The number of hydrogen-bond acceptors (Lipinski definition) is 4. The van der Waals surface area contributed by atoms with E-state index in [1.165, 1.54) is 11.1 Å². The molecular weight excluding hydrogens is 278 g/mol. The average Bonchev–Trinajstić information content (AvgIpc) is 2.93. The van der Waals surface area contributed by atoms with Gasteiger partial charge in [-0.2, -0.15) is 0 Å². The van der Waals surface area contributed by atoms with Gasteiger partial charge < -0.3 is 15.2 Å². The van der Waals surface area contributed by atoms with Crippen LogP contribution in [-0.2, 0) is 17.6 Å². The third-order valence-electron chi connectivity index (χ3n) is 3.55. The SMILES string of the molecule is CCc1cccc(CC)c1NC(=O)CCNc1cc(C)on1. The molecule has 0 bridgehead atoms. The lowest BCUT2D eigenvalue weighted by Crippen LogP contribution is -2.18. The van der Waals surface area contributed by atoms with E-state index in [4.69, 9.17) is 4.52 Å². The van der Waals surface area contributed by atoms with Gasteiger partial charge in [0.1, 0.15) is 5.76 Å². The number of nitrogens with one attached hydrogen (secondary N) is 2. The van der Waals surface area contributed by atoms with Crippen LogP contribution in [0, 0.1) is 6.92 Å². The molecule has 0 unspecified atom stereocenters. The van der Waals surface area contributed by atoms with Crippen molar-refractivity contribution in [1.29, 1.82) is 0 Å². The highest BCUT2D eigenvalue weighted by atomic mass is 16.5. The van der Waals surface area contributed by atoms with Crippen molar-refractivity contribution in [3.63, 3.8) is 0 Å². The normalized spacial score (nSPS) is 10.5. The van der Waals surface area contributed by atoms with Gasteiger partial charge in [0.15, 0.2) is 5.82 Å². The zero-order chi connectivity index (χ0) is 15.9. The molecule has 22 heavy (non-hydrogen) atoms. The number of aryl methyl sites for hydroxylation is 3. The van der Waals surface area contributed by atoms with Crippen LogP contribution in [0.3, 0.4) is 0 Å². The molecule has 0 saturated heterocycles. The summed E-state index contributed by atoms with van der Waals surface area (Å²) in [5.41, 5.74) is 3.32. The Balaban J connectivity index is 1.91. The van der Waals surface area contributed by atoms with Gasteiger partial charge in [0.25, 0.3) is 0 Å². The van der Waals surface area contributed by atoms with Gasteiger partial charge in [-0.3, -0.25) is 4.79 Å². The van der Waals surface area contributed by atoms with E-state index in [1.54, 1.807) is 6.07 Å². The van der Waals surface area contributed by atoms with Gasteiger partial charge >= 0.3 is 0 Å². The maximum absolute atomic E-state index is 12.1. The van der Waals surface area contributed by atoms with Crippen molar-refractivity contribution in [3.8, 4) is 0 Å². The van der Waals surface area contributed by atoms with Crippen LogP contribution >= 0.6 is 0 Å². The van der Waals surface area contributed by atoms with Gasteiger partial charge in [-0.15, -0.1) is 0 Å². The Labute approximate surface area is 131 Å². The zero-order valence-corrected chi connectivity index (χ0v) is 13.4. The van der Waals surface area contributed by atoms with Crippen LogP contribution in [0.2, 0.25) is 0 Å². The van der Waals surface area contributed by atoms with Crippen molar-refractivity contribution < 1.29 is 9.32 Å². The first-order valence-electron chi connectivity index (χ1n) is 7.71. The molecule has 0 aliphatic heterocycles. The van der Waals surface area contributed by atoms with Gasteiger partial charge in [-0.05, 0) is 30.9 Å². The molecule has 5 heteroatoms. The highest BCUT2D eigenvalue weighted by Gasteiger charge is 2.10. The fourth-order valence-electron chi connectivity index (χ4n) is 2.36. The van der Waals surface area contributed by atoms with E-state index >= 15 is 0 Å².